The molecule has 0 aliphatic heterocycles. The molecule has 53 heavy (non-hydrogen) atoms. The third-order valence-corrected chi connectivity index (χ3v) is 9.57. The quantitative estimate of drug-likeness (QED) is 0.0844. The molecule has 0 bridgehead atoms. The molecule has 4 aromatic carbocycles. The van der Waals surface area contributed by atoms with Crippen LogP contribution in [0.4, 0.5) is 26.3 Å². The average molecular weight is 743 g/mol. The maximum absolute atomic E-state index is 13.9. The zero-order valence-corrected chi connectivity index (χ0v) is 31.2. The van der Waals surface area contributed by atoms with Crippen LogP contribution in [0.3, 0.4) is 0 Å². The number of hydrogen-bond acceptors (Lipinski definition) is 3. The van der Waals surface area contributed by atoms with E-state index in [1.54, 1.807) is 36.4 Å². The molecule has 2 atom stereocenters. The summed E-state index contributed by atoms with van der Waals surface area (Å²) in [5.74, 6) is -2.40. The van der Waals surface area contributed by atoms with E-state index in [9.17, 15) is 26.3 Å². The number of aryl methyl sites for hydroxylation is 2. The van der Waals surface area contributed by atoms with Gasteiger partial charge in [0.2, 0.25) is 0 Å². The number of rotatable bonds is 20. The lowest BCUT2D eigenvalue weighted by Gasteiger charge is -2.22. The maximum atomic E-state index is 13.9. The first-order valence-electron chi connectivity index (χ1n) is 18.5. The van der Waals surface area contributed by atoms with Gasteiger partial charge in [-0.1, -0.05) is 99.5 Å². The molecule has 0 N–H and O–H groups in total. The number of ether oxygens (including phenoxy) is 3. The van der Waals surface area contributed by atoms with Crippen molar-refractivity contribution in [2.24, 2.45) is 11.8 Å². The first kappa shape index (κ1) is 41.9. The summed E-state index contributed by atoms with van der Waals surface area (Å²) in [6.07, 6.45) is -2.29. The Labute approximate surface area is 310 Å². The van der Waals surface area contributed by atoms with Crippen molar-refractivity contribution in [2.45, 2.75) is 90.4 Å². The molecule has 0 saturated carbocycles. The lowest BCUT2D eigenvalue weighted by molar-refractivity contribution is -0.186. The van der Waals surface area contributed by atoms with Gasteiger partial charge in [0.1, 0.15) is 11.5 Å². The summed E-state index contributed by atoms with van der Waals surface area (Å²) in [4.78, 5) is 0. The molecular formula is C44H52F6O3. The molecule has 0 amide bonds. The van der Waals surface area contributed by atoms with Crippen molar-refractivity contribution in [1.82, 2.24) is 0 Å². The van der Waals surface area contributed by atoms with E-state index in [1.807, 2.05) is 24.3 Å². The van der Waals surface area contributed by atoms with Crippen molar-refractivity contribution in [3.63, 3.8) is 0 Å². The van der Waals surface area contributed by atoms with Crippen LogP contribution < -0.4 is 4.74 Å². The Hall–Kier alpha value is -3.82. The van der Waals surface area contributed by atoms with E-state index in [-0.39, 0.29) is 12.8 Å². The molecule has 0 fully saturated rings. The van der Waals surface area contributed by atoms with E-state index >= 15 is 0 Å². The number of halogens is 6. The highest BCUT2D eigenvalue weighted by Crippen LogP contribution is 2.36. The third-order valence-electron chi connectivity index (χ3n) is 9.57. The van der Waals surface area contributed by atoms with Crippen molar-refractivity contribution in [3.05, 3.63) is 129 Å². The highest BCUT2D eigenvalue weighted by molar-refractivity contribution is 5.48. The van der Waals surface area contributed by atoms with Crippen LogP contribution in [0, 0.1) is 11.8 Å². The smallest absolute Gasteiger partial charge is 0.394 e. The molecule has 2 unspecified atom stereocenters. The molecule has 288 valence electrons. The number of alkyl halides is 6. The Kier molecular flexibility index (Phi) is 15.8. The second kappa shape index (κ2) is 20.0. The van der Waals surface area contributed by atoms with Crippen molar-refractivity contribution >= 4 is 0 Å². The molecule has 4 aromatic rings. The van der Waals surface area contributed by atoms with Crippen LogP contribution >= 0.6 is 0 Å². The summed E-state index contributed by atoms with van der Waals surface area (Å²) in [5, 5.41) is 0. The Balaban J connectivity index is 1.73. The van der Waals surface area contributed by atoms with Crippen LogP contribution in [0.15, 0.2) is 84.9 Å². The van der Waals surface area contributed by atoms with Crippen molar-refractivity contribution in [2.75, 3.05) is 27.4 Å². The molecule has 4 rings (SSSR count). The van der Waals surface area contributed by atoms with Gasteiger partial charge in [0.05, 0.1) is 25.0 Å². The molecular weight excluding hydrogens is 690 g/mol. The number of unbranched alkanes of at least 4 members (excludes halogenated alkanes) is 2. The molecule has 9 heteroatoms. The van der Waals surface area contributed by atoms with Gasteiger partial charge in [0.25, 0.3) is 0 Å². The highest BCUT2D eigenvalue weighted by Gasteiger charge is 2.40. The Bertz CT molecular complexity index is 1550. The lowest BCUT2D eigenvalue weighted by Crippen LogP contribution is -2.29. The van der Waals surface area contributed by atoms with Gasteiger partial charge < -0.3 is 14.2 Å². The summed E-state index contributed by atoms with van der Waals surface area (Å²) in [6, 6.07) is 26.6. The first-order chi connectivity index (χ1) is 25.3. The summed E-state index contributed by atoms with van der Waals surface area (Å²) in [7, 11) is 2.52. The predicted octanol–water partition coefficient (Wildman–Crippen LogP) is 12.1. The highest BCUT2D eigenvalue weighted by atomic mass is 19.4. The average Bonchev–Trinajstić information content (AvgIpc) is 3.12. The van der Waals surface area contributed by atoms with Crippen molar-refractivity contribution in [1.29, 1.82) is 0 Å². The Morgan fingerprint density at radius 2 is 0.830 bits per heavy atom. The number of methoxy groups -OCH3 is 2. The molecule has 0 aliphatic rings. The zero-order chi connectivity index (χ0) is 38.4. The summed E-state index contributed by atoms with van der Waals surface area (Å²) < 4.78 is 99.7. The third kappa shape index (κ3) is 13.2. The monoisotopic (exact) mass is 742 g/mol. The minimum absolute atomic E-state index is 0.253. The van der Waals surface area contributed by atoms with Gasteiger partial charge >= 0.3 is 12.4 Å². The van der Waals surface area contributed by atoms with Gasteiger partial charge in [0.15, 0.2) is 0 Å². The molecule has 0 aromatic heterocycles. The van der Waals surface area contributed by atoms with Crippen LogP contribution in [0.5, 0.6) is 11.5 Å². The number of hydrogen-bond donors (Lipinski definition) is 0. The Morgan fingerprint density at radius 3 is 1.15 bits per heavy atom. The van der Waals surface area contributed by atoms with E-state index in [1.165, 1.54) is 25.3 Å². The molecule has 0 spiro atoms. The predicted molar refractivity (Wildman–Crippen MR) is 199 cm³/mol. The molecule has 0 saturated heterocycles. The standard InChI is InChI=1S/C44H52F6O3/c1-5-7-9-31-11-15-33(16-12-31)23-37-25-35(27-39(29-51-3)43(45,46)47)19-21-41(37)53-42-22-20-36(28-40(30-52-4)44(48,49)50)26-38(42)24-34-17-13-32(14-18-34)10-8-6-2/h11-22,25-26,39-40H,5-10,23-24,27-30H2,1-4H3. The zero-order valence-electron chi connectivity index (χ0n) is 31.2. The van der Waals surface area contributed by atoms with Gasteiger partial charge in [-0.05, 0) is 95.2 Å². The van der Waals surface area contributed by atoms with Crippen LogP contribution in [0.1, 0.15) is 84.0 Å². The molecule has 3 nitrogen and oxygen atoms in total. The molecule has 0 aliphatic carbocycles. The van der Waals surface area contributed by atoms with E-state index in [2.05, 4.69) is 38.1 Å². The topological polar surface area (TPSA) is 27.7 Å². The fourth-order valence-corrected chi connectivity index (χ4v) is 6.47. The fraction of sp³-hybridized carbons (Fsp3) is 0.455. The summed E-state index contributed by atoms with van der Waals surface area (Å²) in [5.41, 5.74) is 6.80. The minimum atomic E-state index is -4.43. The van der Waals surface area contributed by atoms with Gasteiger partial charge in [-0.3, -0.25) is 0 Å². The van der Waals surface area contributed by atoms with Crippen LogP contribution in [-0.2, 0) is 48.0 Å². The number of benzene rings is 4. The van der Waals surface area contributed by atoms with E-state index in [0.29, 0.717) is 46.6 Å². The fourth-order valence-electron chi connectivity index (χ4n) is 6.47. The molecule has 0 heterocycles. The van der Waals surface area contributed by atoms with Gasteiger partial charge in [-0.15, -0.1) is 0 Å². The van der Waals surface area contributed by atoms with Gasteiger partial charge in [0, 0.05) is 27.1 Å². The van der Waals surface area contributed by atoms with Crippen LogP contribution in [-0.4, -0.2) is 39.8 Å². The van der Waals surface area contributed by atoms with E-state index in [0.717, 1.165) is 49.7 Å². The molecule has 0 radical (unpaired) electrons. The van der Waals surface area contributed by atoms with Crippen LogP contribution in [0.2, 0.25) is 0 Å². The summed E-state index contributed by atoms with van der Waals surface area (Å²) in [6.45, 7) is 3.38. The van der Waals surface area contributed by atoms with Gasteiger partial charge in [-0.2, -0.15) is 26.3 Å². The van der Waals surface area contributed by atoms with E-state index in [4.69, 9.17) is 14.2 Å². The summed E-state index contributed by atoms with van der Waals surface area (Å²) >= 11 is 0. The normalized spacial score (nSPS) is 13.2. The van der Waals surface area contributed by atoms with Crippen molar-refractivity contribution < 1.29 is 40.6 Å². The largest absolute Gasteiger partial charge is 0.457 e. The van der Waals surface area contributed by atoms with Gasteiger partial charge in [-0.25, -0.2) is 0 Å². The Morgan fingerprint density at radius 1 is 0.491 bits per heavy atom. The van der Waals surface area contributed by atoms with Crippen molar-refractivity contribution in [3.8, 4) is 11.5 Å². The second-order valence-corrected chi connectivity index (χ2v) is 14.0. The minimum Gasteiger partial charge on any atom is -0.457 e. The first-order valence-corrected chi connectivity index (χ1v) is 18.5. The second-order valence-electron chi connectivity index (χ2n) is 14.0. The lowest BCUT2D eigenvalue weighted by atomic mass is 9.94. The SMILES string of the molecule is CCCCc1ccc(Cc2cc(CC(COC)C(F)(F)F)ccc2Oc2ccc(CC(COC)C(F)(F)F)cc2Cc2ccc(CCCC)cc2)cc1. The van der Waals surface area contributed by atoms with Crippen LogP contribution in [0.25, 0.3) is 0 Å². The van der Waals surface area contributed by atoms with E-state index < -0.39 is 37.4 Å². The maximum Gasteiger partial charge on any atom is 0.394 e.